The molecule has 0 amide bonds. The Hall–Kier alpha value is -0.0900. The molecule has 0 bridgehead atoms. The summed E-state index contributed by atoms with van der Waals surface area (Å²) in [6.07, 6.45) is 0.962. The average molecular weight is 221 g/mol. The molecule has 0 aromatic rings. The highest BCUT2D eigenvalue weighted by molar-refractivity contribution is 6.31. The highest BCUT2D eigenvalue weighted by atomic mass is 35.5. The molecule has 0 aromatic carbocycles. The first kappa shape index (κ1) is 12.0. The summed E-state index contributed by atoms with van der Waals surface area (Å²) in [7, 11) is 4.52. The summed E-state index contributed by atoms with van der Waals surface area (Å²) in [6, 6.07) is 0. The van der Waals surface area contributed by atoms with Gasteiger partial charge in [0.2, 0.25) is 0 Å². The molecule has 0 aliphatic heterocycles. The Morgan fingerprint density at radius 1 is 1.21 bits per heavy atom. The van der Waals surface area contributed by atoms with Crippen LogP contribution in [-0.4, -0.2) is 27.3 Å². The molecule has 0 heterocycles. The molecule has 1 rings (SSSR count). The number of halogens is 1. The summed E-state index contributed by atoms with van der Waals surface area (Å²) < 4.78 is 15.5. The molecule has 0 radical (unpaired) electrons. The summed E-state index contributed by atoms with van der Waals surface area (Å²) in [4.78, 5) is 0. The van der Waals surface area contributed by atoms with Gasteiger partial charge >= 0.3 is 5.97 Å². The fourth-order valence-corrected chi connectivity index (χ4v) is 2.03. The van der Waals surface area contributed by atoms with E-state index in [4.69, 9.17) is 25.8 Å². The molecular weight excluding hydrogens is 204 g/mol. The molecule has 1 saturated carbocycles. The molecule has 1 aliphatic rings. The van der Waals surface area contributed by atoms with Crippen LogP contribution in [0.5, 0.6) is 0 Å². The summed E-state index contributed by atoms with van der Waals surface area (Å²) in [5.74, 6) is -1.23. The topological polar surface area (TPSA) is 27.7 Å². The second-order valence-electron chi connectivity index (χ2n) is 4.02. The summed E-state index contributed by atoms with van der Waals surface area (Å²) in [5, 5.41) is 0.509. The third kappa shape index (κ3) is 1.82. The van der Waals surface area contributed by atoms with E-state index >= 15 is 0 Å². The number of methoxy groups -OCH3 is 3. The molecule has 4 heteroatoms. The van der Waals surface area contributed by atoms with Crippen molar-refractivity contribution >= 4 is 11.6 Å². The molecular formula is C10H17ClO3. The second-order valence-corrected chi connectivity index (χ2v) is 4.40. The van der Waals surface area contributed by atoms with Crippen molar-refractivity contribution in [3.63, 3.8) is 0 Å². The second kappa shape index (κ2) is 3.81. The Morgan fingerprint density at radius 2 is 1.57 bits per heavy atom. The number of rotatable bonds is 4. The van der Waals surface area contributed by atoms with Gasteiger partial charge in [0.05, 0.1) is 0 Å². The predicted octanol–water partition coefficient (Wildman–Crippen LogP) is 2.50. The minimum Gasteiger partial charge on any atom is -0.326 e. The quantitative estimate of drug-likeness (QED) is 0.682. The molecule has 82 valence electrons. The Labute approximate surface area is 90.0 Å². The summed E-state index contributed by atoms with van der Waals surface area (Å²) >= 11 is 6.19. The van der Waals surface area contributed by atoms with Crippen LogP contribution in [-0.2, 0) is 14.2 Å². The molecule has 0 N–H and O–H groups in total. The number of allylic oxidation sites excluding steroid dienone is 1. The van der Waals surface area contributed by atoms with E-state index in [1.165, 1.54) is 21.3 Å². The molecule has 1 aliphatic carbocycles. The van der Waals surface area contributed by atoms with Crippen molar-refractivity contribution in [1.82, 2.24) is 0 Å². The van der Waals surface area contributed by atoms with Crippen molar-refractivity contribution < 1.29 is 14.2 Å². The zero-order valence-corrected chi connectivity index (χ0v) is 10.1. The standard InChI is InChI=1S/C10H17ClO3/c1-9(2)6-7(9)8(11)10(12-3,13-4)14-5/h6H2,1-5H3. The van der Waals surface area contributed by atoms with Crippen molar-refractivity contribution in [2.24, 2.45) is 5.41 Å². The zero-order valence-electron chi connectivity index (χ0n) is 9.31. The summed E-state index contributed by atoms with van der Waals surface area (Å²) in [5.41, 5.74) is 1.28. The van der Waals surface area contributed by atoms with Gasteiger partial charge in [0.1, 0.15) is 5.03 Å². The minimum atomic E-state index is -1.23. The average Bonchev–Trinajstić information content (AvgIpc) is 2.79. The first-order valence-electron chi connectivity index (χ1n) is 4.48. The van der Waals surface area contributed by atoms with Crippen LogP contribution in [0.15, 0.2) is 10.6 Å². The lowest BCUT2D eigenvalue weighted by atomic mass is 10.1. The van der Waals surface area contributed by atoms with Gasteiger partial charge in [-0.05, 0) is 17.4 Å². The van der Waals surface area contributed by atoms with Gasteiger partial charge < -0.3 is 14.2 Å². The van der Waals surface area contributed by atoms with E-state index < -0.39 is 5.97 Å². The predicted molar refractivity (Wildman–Crippen MR) is 55.0 cm³/mol. The van der Waals surface area contributed by atoms with Crippen LogP contribution in [0.1, 0.15) is 20.3 Å². The molecule has 0 unspecified atom stereocenters. The maximum absolute atomic E-state index is 6.19. The van der Waals surface area contributed by atoms with Gasteiger partial charge in [0.15, 0.2) is 0 Å². The third-order valence-electron chi connectivity index (χ3n) is 2.65. The maximum atomic E-state index is 6.19. The van der Waals surface area contributed by atoms with Gasteiger partial charge in [0, 0.05) is 21.3 Å². The van der Waals surface area contributed by atoms with Crippen LogP contribution in [0.2, 0.25) is 0 Å². The first-order chi connectivity index (χ1) is 6.43. The van der Waals surface area contributed by atoms with E-state index in [1.54, 1.807) is 0 Å². The van der Waals surface area contributed by atoms with Gasteiger partial charge in [-0.3, -0.25) is 0 Å². The normalized spacial score (nSPS) is 23.6. The Morgan fingerprint density at radius 3 is 1.79 bits per heavy atom. The van der Waals surface area contributed by atoms with E-state index in [2.05, 4.69) is 13.8 Å². The molecule has 3 nitrogen and oxygen atoms in total. The number of hydrogen-bond donors (Lipinski definition) is 0. The van der Waals surface area contributed by atoms with Crippen molar-refractivity contribution in [3.05, 3.63) is 10.6 Å². The van der Waals surface area contributed by atoms with Crippen molar-refractivity contribution in [2.45, 2.75) is 26.2 Å². The fraction of sp³-hybridized carbons (Fsp3) is 0.800. The summed E-state index contributed by atoms with van der Waals surface area (Å²) in [6.45, 7) is 4.24. The Balaban J connectivity index is 2.97. The molecule has 0 spiro atoms. The van der Waals surface area contributed by atoms with E-state index in [9.17, 15) is 0 Å². The van der Waals surface area contributed by atoms with Crippen LogP contribution in [0.3, 0.4) is 0 Å². The lowest BCUT2D eigenvalue weighted by Crippen LogP contribution is -2.36. The van der Waals surface area contributed by atoms with E-state index in [1.807, 2.05) is 0 Å². The van der Waals surface area contributed by atoms with E-state index in [-0.39, 0.29) is 5.41 Å². The largest absolute Gasteiger partial charge is 0.326 e. The SMILES string of the molecule is COC(OC)(OC)C(Cl)=C1CC1(C)C. The number of ether oxygens (including phenoxy) is 3. The first-order valence-corrected chi connectivity index (χ1v) is 4.86. The highest BCUT2D eigenvalue weighted by Crippen LogP contribution is 2.55. The Kier molecular flexibility index (Phi) is 3.26. The smallest absolute Gasteiger partial charge is 0.322 e. The molecule has 14 heavy (non-hydrogen) atoms. The molecule has 0 atom stereocenters. The third-order valence-corrected chi connectivity index (χ3v) is 3.11. The Bertz CT molecular complexity index is 246. The van der Waals surface area contributed by atoms with Gasteiger partial charge in [0.25, 0.3) is 0 Å². The lowest BCUT2D eigenvalue weighted by Gasteiger charge is -2.28. The van der Waals surface area contributed by atoms with Gasteiger partial charge in [-0.1, -0.05) is 25.4 Å². The van der Waals surface area contributed by atoms with Gasteiger partial charge in [-0.2, -0.15) is 0 Å². The van der Waals surface area contributed by atoms with Gasteiger partial charge in [-0.15, -0.1) is 0 Å². The van der Waals surface area contributed by atoms with Crippen LogP contribution < -0.4 is 0 Å². The van der Waals surface area contributed by atoms with Crippen LogP contribution >= 0.6 is 11.6 Å². The van der Waals surface area contributed by atoms with Crippen LogP contribution in [0.25, 0.3) is 0 Å². The minimum absolute atomic E-state index is 0.151. The van der Waals surface area contributed by atoms with E-state index in [0.29, 0.717) is 5.03 Å². The van der Waals surface area contributed by atoms with Crippen LogP contribution in [0.4, 0.5) is 0 Å². The fourth-order valence-electron chi connectivity index (χ4n) is 1.48. The maximum Gasteiger partial charge on any atom is 0.322 e. The zero-order chi connectivity index (χ0) is 11.0. The monoisotopic (exact) mass is 220 g/mol. The van der Waals surface area contributed by atoms with E-state index in [0.717, 1.165) is 12.0 Å². The van der Waals surface area contributed by atoms with Crippen molar-refractivity contribution in [3.8, 4) is 0 Å². The van der Waals surface area contributed by atoms with Crippen molar-refractivity contribution in [1.29, 1.82) is 0 Å². The van der Waals surface area contributed by atoms with Gasteiger partial charge in [-0.25, -0.2) is 0 Å². The molecule has 1 fully saturated rings. The molecule has 0 aromatic heterocycles. The van der Waals surface area contributed by atoms with Crippen LogP contribution in [0, 0.1) is 5.41 Å². The number of hydrogen-bond acceptors (Lipinski definition) is 3. The highest BCUT2D eigenvalue weighted by Gasteiger charge is 2.48. The van der Waals surface area contributed by atoms with Crippen molar-refractivity contribution in [2.75, 3.05) is 21.3 Å². The lowest BCUT2D eigenvalue weighted by molar-refractivity contribution is -0.322. The molecule has 0 saturated heterocycles.